The minimum absolute atomic E-state index is 0.0618. The molecule has 0 saturated heterocycles. The van der Waals surface area contributed by atoms with Crippen molar-refractivity contribution in [3.8, 4) is 23.1 Å². The van der Waals surface area contributed by atoms with E-state index in [1.807, 2.05) is 32.0 Å². The number of hydrogen-bond donors (Lipinski definition) is 0. The van der Waals surface area contributed by atoms with Crippen molar-refractivity contribution in [2.24, 2.45) is 0 Å². The Hall–Kier alpha value is -3.29. The van der Waals surface area contributed by atoms with Crippen LogP contribution in [0.5, 0.6) is 5.88 Å². The average molecular weight is 352 g/mol. The lowest BCUT2D eigenvalue weighted by Gasteiger charge is -2.19. The Kier molecular flexibility index (Phi) is 4.92. The standard InChI is InChI=1S/C18H20N6O2/c1-12(2)23(3)18(25)14-11-15(13-7-5-6-10-19-13)24(22-14)16-8-9-17(26-4)21-20-16/h5-12H,1-4H3. The van der Waals surface area contributed by atoms with E-state index in [0.29, 0.717) is 28.8 Å². The molecule has 8 nitrogen and oxygen atoms in total. The molecule has 0 unspecified atom stereocenters. The summed E-state index contributed by atoms with van der Waals surface area (Å²) in [5, 5.41) is 12.6. The van der Waals surface area contributed by atoms with Crippen LogP contribution in [0.4, 0.5) is 0 Å². The van der Waals surface area contributed by atoms with E-state index in [1.54, 1.807) is 41.0 Å². The number of carbonyl (C=O) groups is 1. The van der Waals surface area contributed by atoms with E-state index in [1.165, 1.54) is 7.11 Å². The lowest BCUT2D eigenvalue weighted by atomic mass is 10.2. The van der Waals surface area contributed by atoms with Gasteiger partial charge >= 0.3 is 0 Å². The summed E-state index contributed by atoms with van der Waals surface area (Å²) in [6.07, 6.45) is 1.69. The minimum Gasteiger partial charge on any atom is -0.480 e. The smallest absolute Gasteiger partial charge is 0.274 e. The monoisotopic (exact) mass is 352 g/mol. The second-order valence-corrected chi connectivity index (χ2v) is 5.99. The van der Waals surface area contributed by atoms with Gasteiger partial charge in [-0.15, -0.1) is 10.2 Å². The van der Waals surface area contributed by atoms with Gasteiger partial charge in [-0.3, -0.25) is 9.78 Å². The van der Waals surface area contributed by atoms with Crippen LogP contribution in [-0.2, 0) is 0 Å². The van der Waals surface area contributed by atoms with Gasteiger partial charge in [-0.1, -0.05) is 6.07 Å². The van der Waals surface area contributed by atoms with E-state index in [2.05, 4.69) is 20.3 Å². The van der Waals surface area contributed by atoms with Gasteiger partial charge in [0.1, 0.15) is 0 Å². The van der Waals surface area contributed by atoms with Crippen LogP contribution >= 0.6 is 0 Å². The maximum atomic E-state index is 12.7. The maximum absolute atomic E-state index is 12.7. The van der Waals surface area contributed by atoms with Crippen LogP contribution in [0.3, 0.4) is 0 Å². The van der Waals surface area contributed by atoms with Gasteiger partial charge in [0.15, 0.2) is 11.5 Å². The first-order valence-electron chi connectivity index (χ1n) is 8.18. The summed E-state index contributed by atoms with van der Waals surface area (Å²) >= 11 is 0. The first-order valence-corrected chi connectivity index (χ1v) is 8.18. The highest BCUT2D eigenvalue weighted by molar-refractivity contribution is 5.93. The van der Waals surface area contributed by atoms with Crippen molar-refractivity contribution < 1.29 is 9.53 Å². The molecule has 8 heteroatoms. The van der Waals surface area contributed by atoms with Gasteiger partial charge in [-0.05, 0) is 38.1 Å². The zero-order valence-corrected chi connectivity index (χ0v) is 15.1. The van der Waals surface area contributed by atoms with Crippen LogP contribution < -0.4 is 4.74 Å². The Labute approximate surface area is 151 Å². The number of aromatic nitrogens is 5. The molecular weight excluding hydrogens is 332 g/mol. The van der Waals surface area contributed by atoms with Gasteiger partial charge in [0, 0.05) is 25.4 Å². The normalized spacial score (nSPS) is 10.8. The lowest BCUT2D eigenvalue weighted by molar-refractivity contribution is 0.0748. The highest BCUT2D eigenvalue weighted by Gasteiger charge is 2.22. The molecule has 3 aromatic rings. The molecule has 1 amide bonds. The van der Waals surface area contributed by atoms with Gasteiger partial charge < -0.3 is 9.64 Å². The second-order valence-electron chi connectivity index (χ2n) is 5.99. The predicted octanol–water partition coefficient (Wildman–Crippen LogP) is 2.21. The van der Waals surface area contributed by atoms with Gasteiger partial charge in [-0.2, -0.15) is 5.10 Å². The summed E-state index contributed by atoms with van der Waals surface area (Å²) in [6, 6.07) is 10.8. The predicted molar refractivity (Wildman–Crippen MR) is 96.2 cm³/mol. The molecule has 0 saturated carbocycles. The Balaban J connectivity index is 2.10. The number of hydrogen-bond acceptors (Lipinski definition) is 6. The van der Waals surface area contributed by atoms with Crippen molar-refractivity contribution in [3.05, 3.63) is 48.3 Å². The summed E-state index contributed by atoms with van der Waals surface area (Å²) < 4.78 is 6.61. The third-order valence-corrected chi connectivity index (χ3v) is 4.00. The molecule has 3 aromatic heterocycles. The fourth-order valence-electron chi connectivity index (χ4n) is 2.31. The molecule has 0 aromatic carbocycles. The van der Waals surface area contributed by atoms with Gasteiger partial charge in [0.05, 0.1) is 18.5 Å². The Bertz CT molecular complexity index is 890. The van der Waals surface area contributed by atoms with Crippen LogP contribution in [0, 0.1) is 0 Å². The quantitative estimate of drug-likeness (QED) is 0.700. The van der Waals surface area contributed by atoms with E-state index in [0.717, 1.165) is 0 Å². The maximum Gasteiger partial charge on any atom is 0.274 e. The topological polar surface area (TPSA) is 86.0 Å². The summed E-state index contributed by atoms with van der Waals surface area (Å²) in [4.78, 5) is 18.7. The highest BCUT2D eigenvalue weighted by Crippen LogP contribution is 2.22. The third-order valence-electron chi connectivity index (χ3n) is 4.00. The Morgan fingerprint density at radius 3 is 2.58 bits per heavy atom. The van der Waals surface area contributed by atoms with Crippen LogP contribution in [-0.4, -0.2) is 56.0 Å². The highest BCUT2D eigenvalue weighted by atomic mass is 16.5. The number of rotatable bonds is 5. The zero-order valence-electron chi connectivity index (χ0n) is 15.1. The molecule has 134 valence electrons. The van der Waals surface area contributed by atoms with Crippen molar-refractivity contribution in [3.63, 3.8) is 0 Å². The molecule has 3 rings (SSSR count). The second kappa shape index (κ2) is 7.30. The van der Waals surface area contributed by atoms with Crippen molar-refractivity contribution in [1.82, 2.24) is 29.9 Å². The number of methoxy groups -OCH3 is 1. The molecule has 0 aliphatic rings. The van der Waals surface area contributed by atoms with Crippen molar-refractivity contribution in [2.75, 3.05) is 14.2 Å². The van der Waals surface area contributed by atoms with Crippen molar-refractivity contribution in [1.29, 1.82) is 0 Å². The average Bonchev–Trinajstić information content (AvgIpc) is 3.13. The minimum atomic E-state index is -0.169. The summed E-state index contributed by atoms with van der Waals surface area (Å²) in [5.41, 5.74) is 1.66. The summed E-state index contributed by atoms with van der Waals surface area (Å²) in [7, 11) is 3.27. The van der Waals surface area contributed by atoms with Crippen LogP contribution in [0.2, 0.25) is 0 Å². The number of ether oxygens (including phenoxy) is 1. The molecule has 0 aliphatic heterocycles. The zero-order chi connectivity index (χ0) is 18.7. The molecule has 0 aliphatic carbocycles. The summed E-state index contributed by atoms with van der Waals surface area (Å²) in [5.74, 6) is 0.700. The van der Waals surface area contributed by atoms with Crippen LogP contribution in [0.1, 0.15) is 24.3 Å². The molecule has 0 N–H and O–H groups in total. The fourth-order valence-corrected chi connectivity index (χ4v) is 2.31. The molecular formula is C18H20N6O2. The van der Waals surface area contributed by atoms with Gasteiger partial charge in [0.25, 0.3) is 5.91 Å². The van der Waals surface area contributed by atoms with Gasteiger partial charge in [-0.25, -0.2) is 4.68 Å². The lowest BCUT2D eigenvalue weighted by Crippen LogP contribution is -2.33. The first-order chi connectivity index (χ1) is 12.5. The van der Waals surface area contributed by atoms with E-state index in [4.69, 9.17) is 4.74 Å². The fraction of sp³-hybridized carbons (Fsp3) is 0.278. The largest absolute Gasteiger partial charge is 0.480 e. The van der Waals surface area contributed by atoms with Crippen LogP contribution in [0.15, 0.2) is 42.6 Å². The number of carbonyl (C=O) groups excluding carboxylic acids is 1. The number of pyridine rings is 1. The van der Waals surface area contributed by atoms with E-state index < -0.39 is 0 Å². The summed E-state index contributed by atoms with van der Waals surface area (Å²) in [6.45, 7) is 3.90. The van der Waals surface area contributed by atoms with Gasteiger partial charge in [0.2, 0.25) is 5.88 Å². The molecule has 0 fully saturated rings. The van der Waals surface area contributed by atoms with Crippen molar-refractivity contribution in [2.45, 2.75) is 19.9 Å². The Morgan fingerprint density at radius 1 is 1.19 bits per heavy atom. The Morgan fingerprint density at radius 2 is 2.00 bits per heavy atom. The SMILES string of the molecule is COc1ccc(-n2nc(C(=O)N(C)C(C)C)cc2-c2ccccn2)nn1. The molecule has 26 heavy (non-hydrogen) atoms. The van der Waals surface area contributed by atoms with E-state index >= 15 is 0 Å². The van der Waals surface area contributed by atoms with Crippen LogP contribution in [0.25, 0.3) is 17.2 Å². The molecule has 3 heterocycles. The molecule has 0 spiro atoms. The van der Waals surface area contributed by atoms with Crippen molar-refractivity contribution >= 4 is 5.91 Å². The molecule has 0 radical (unpaired) electrons. The molecule has 0 atom stereocenters. The van der Waals surface area contributed by atoms with E-state index in [-0.39, 0.29) is 11.9 Å². The first kappa shape index (κ1) is 17.5. The molecule has 0 bridgehead atoms. The number of amides is 1. The third kappa shape index (κ3) is 3.39. The van der Waals surface area contributed by atoms with E-state index in [9.17, 15) is 4.79 Å². The number of nitrogens with zero attached hydrogens (tertiary/aromatic N) is 6.